The van der Waals surface area contributed by atoms with Crippen molar-refractivity contribution >= 4 is 0 Å². The van der Waals surface area contributed by atoms with Gasteiger partial charge >= 0.3 is 0 Å². The van der Waals surface area contributed by atoms with Crippen LogP contribution in [0.4, 0.5) is 4.39 Å². The highest BCUT2D eigenvalue weighted by Gasteiger charge is 2.17. The van der Waals surface area contributed by atoms with Crippen molar-refractivity contribution in [2.75, 3.05) is 0 Å². The Bertz CT molecular complexity index is 121. The van der Waals surface area contributed by atoms with Gasteiger partial charge in [0.1, 0.15) is 0 Å². The van der Waals surface area contributed by atoms with Crippen LogP contribution in [0.1, 0.15) is 0 Å². The van der Waals surface area contributed by atoms with Gasteiger partial charge in [0.05, 0.1) is 0 Å². The lowest BCUT2D eigenvalue weighted by Crippen LogP contribution is -2.15. The Morgan fingerprint density at radius 1 is 1.25 bits per heavy atom. The molecule has 1 radical (unpaired) electrons. The van der Waals surface area contributed by atoms with Crippen LogP contribution in [0.25, 0.3) is 0 Å². The molecule has 43 valence electrons. The maximum Gasteiger partial charge on any atom is 0.245 e. The molecular weight excluding hydrogens is 107 g/mol. The molecular formula is C6H6FO. The summed E-state index contributed by atoms with van der Waals surface area (Å²) in [7, 11) is 0. The first-order valence-corrected chi connectivity index (χ1v) is 2.32. The van der Waals surface area contributed by atoms with Crippen LogP contribution in [0.15, 0.2) is 24.3 Å². The molecule has 0 saturated heterocycles. The smallest absolute Gasteiger partial charge is 0.245 e. The van der Waals surface area contributed by atoms with E-state index in [-0.39, 0.29) is 0 Å². The normalized spacial score (nSPS) is 23.8. The summed E-state index contributed by atoms with van der Waals surface area (Å²) < 4.78 is 12.2. The van der Waals surface area contributed by atoms with Gasteiger partial charge in [0.2, 0.25) is 5.85 Å². The first kappa shape index (κ1) is 5.51. The third-order valence-electron chi connectivity index (χ3n) is 0.882. The van der Waals surface area contributed by atoms with Gasteiger partial charge in [-0.25, -0.2) is 4.39 Å². The van der Waals surface area contributed by atoms with Crippen molar-refractivity contribution in [1.29, 1.82) is 0 Å². The highest BCUT2D eigenvalue weighted by molar-refractivity contribution is 5.22. The third kappa shape index (κ3) is 1.17. The molecule has 0 bridgehead atoms. The number of rotatable bonds is 0. The minimum Gasteiger partial charge on any atom is -0.355 e. The van der Waals surface area contributed by atoms with E-state index >= 15 is 0 Å². The van der Waals surface area contributed by atoms with E-state index in [1.165, 1.54) is 12.2 Å². The summed E-state index contributed by atoms with van der Waals surface area (Å²) in [5.74, 6) is -2.21. The van der Waals surface area contributed by atoms with E-state index in [0.29, 0.717) is 0 Å². The van der Waals surface area contributed by atoms with Gasteiger partial charge in [-0.3, -0.25) is 0 Å². The van der Waals surface area contributed by atoms with Gasteiger partial charge in [-0.05, 0) is 12.2 Å². The average Bonchev–Trinajstić information content (AvgIpc) is 1.65. The number of halogens is 1. The lowest BCUT2D eigenvalue weighted by molar-refractivity contribution is 0.00588. The molecule has 0 saturated carbocycles. The van der Waals surface area contributed by atoms with Gasteiger partial charge in [0, 0.05) is 6.42 Å². The van der Waals surface area contributed by atoms with Gasteiger partial charge in [0.25, 0.3) is 0 Å². The van der Waals surface area contributed by atoms with Gasteiger partial charge in [-0.1, -0.05) is 12.2 Å². The zero-order valence-electron chi connectivity index (χ0n) is 4.21. The third-order valence-corrected chi connectivity index (χ3v) is 0.882. The molecule has 1 rings (SSSR count). The fourth-order valence-corrected chi connectivity index (χ4v) is 0.501. The standard InChI is InChI=1S/C6H6FO/c7-6(8)4-2-1-3-5-6/h1-5,8H. The molecule has 1 aliphatic rings. The molecule has 0 unspecified atom stereocenters. The zero-order valence-corrected chi connectivity index (χ0v) is 4.21. The summed E-state index contributed by atoms with van der Waals surface area (Å²) >= 11 is 0. The second-order valence-electron chi connectivity index (χ2n) is 1.64. The average molecular weight is 113 g/mol. The summed E-state index contributed by atoms with van der Waals surface area (Å²) in [4.78, 5) is 0. The van der Waals surface area contributed by atoms with Crippen LogP contribution in [0.3, 0.4) is 0 Å². The molecule has 0 aliphatic heterocycles. The van der Waals surface area contributed by atoms with Crippen molar-refractivity contribution in [3.05, 3.63) is 30.7 Å². The van der Waals surface area contributed by atoms with E-state index in [9.17, 15) is 4.39 Å². The molecule has 0 heterocycles. The van der Waals surface area contributed by atoms with Crippen LogP contribution in [0, 0.1) is 6.42 Å². The molecule has 1 N–H and O–H groups in total. The van der Waals surface area contributed by atoms with E-state index in [0.717, 1.165) is 12.2 Å². The maximum atomic E-state index is 12.2. The molecule has 0 amide bonds. The molecule has 0 aromatic carbocycles. The molecule has 1 nitrogen and oxygen atoms in total. The topological polar surface area (TPSA) is 20.2 Å². The van der Waals surface area contributed by atoms with Crippen molar-refractivity contribution in [3.63, 3.8) is 0 Å². The number of alkyl halides is 1. The van der Waals surface area contributed by atoms with Gasteiger partial charge in [-0.2, -0.15) is 0 Å². The number of aliphatic hydroxyl groups is 1. The first-order valence-electron chi connectivity index (χ1n) is 2.32. The molecule has 8 heavy (non-hydrogen) atoms. The Morgan fingerprint density at radius 3 is 2.00 bits per heavy atom. The summed E-state index contributed by atoms with van der Waals surface area (Å²) in [5.41, 5.74) is 0. The Morgan fingerprint density at radius 2 is 1.75 bits per heavy atom. The van der Waals surface area contributed by atoms with E-state index in [4.69, 9.17) is 5.11 Å². The Balaban J connectivity index is 2.69. The second kappa shape index (κ2) is 1.71. The summed E-state index contributed by atoms with van der Waals surface area (Å²) in [6, 6.07) is 0. The maximum absolute atomic E-state index is 12.2. The summed E-state index contributed by atoms with van der Waals surface area (Å²) in [6.45, 7) is 0. The fourth-order valence-electron chi connectivity index (χ4n) is 0.501. The van der Waals surface area contributed by atoms with E-state index in [1.807, 2.05) is 0 Å². The predicted octanol–water partition coefficient (Wildman–Crippen LogP) is 0.975. The summed E-state index contributed by atoms with van der Waals surface area (Å²) in [5, 5.41) is 8.51. The zero-order chi connectivity index (χ0) is 6.04. The van der Waals surface area contributed by atoms with Crippen LogP contribution in [-0.2, 0) is 0 Å². The number of hydrogen-bond acceptors (Lipinski definition) is 1. The Hall–Kier alpha value is -0.630. The Labute approximate surface area is 47.1 Å². The van der Waals surface area contributed by atoms with Crippen LogP contribution in [-0.4, -0.2) is 11.0 Å². The van der Waals surface area contributed by atoms with Gasteiger partial charge in [-0.15, -0.1) is 0 Å². The minimum atomic E-state index is -2.21. The largest absolute Gasteiger partial charge is 0.355 e. The molecule has 0 spiro atoms. The molecule has 0 fully saturated rings. The van der Waals surface area contributed by atoms with Gasteiger partial charge < -0.3 is 5.11 Å². The predicted molar refractivity (Wildman–Crippen MR) is 28.6 cm³/mol. The van der Waals surface area contributed by atoms with Crippen LogP contribution >= 0.6 is 0 Å². The SMILES string of the molecule is OC1(F)C=C[CH]C=C1. The van der Waals surface area contributed by atoms with Crippen LogP contribution in [0.5, 0.6) is 0 Å². The van der Waals surface area contributed by atoms with Crippen molar-refractivity contribution in [1.82, 2.24) is 0 Å². The van der Waals surface area contributed by atoms with Crippen molar-refractivity contribution < 1.29 is 9.50 Å². The first-order chi connectivity index (χ1) is 3.71. The van der Waals surface area contributed by atoms with Crippen LogP contribution < -0.4 is 0 Å². The monoisotopic (exact) mass is 113 g/mol. The van der Waals surface area contributed by atoms with E-state index in [1.54, 1.807) is 6.42 Å². The number of hydrogen-bond donors (Lipinski definition) is 1. The minimum absolute atomic E-state index is 1.08. The lowest BCUT2D eigenvalue weighted by Gasteiger charge is -2.10. The van der Waals surface area contributed by atoms with E-state index in [2.05, 4.69) is 0 Å². The van der Waals surface area contributed by atoms with Crippen molar-refractivity contribution in [2.45, 2.75) is 5.85 Å². The quantitative estimate of drug-likeness (QED) is 0.496. The number of allylic oxidation sites excluding steroid dienone is 2. The van der Waals surface area contributed by atoms with Crippen molar-refractivity contribution in [3.8, 4) is 0 Å². The molecule has 1 aliphatic carbocycles. The van der Waals surface area contributed by atoms with E-state index < -0.39 is 5.85 Å². The van der Waals surface area contributed by atoms with Crippen molar-refractivity contribution in [2.24, 2.45) is 0 Å². The summed E-state index contributed by atoms with van der Waals surface area (Å²) in [6.07, 6.45) is 6.72. The van der Waals surface area contributed by atoms with Gasteiger partial charge in [0.15, 0.2) is 0 Å². The molecule has 0 atom stereocenters. The van der Waals surface area contributed by atoms with Crippen LogP contribution in [0.2, 0.25) is 0 Å². The highest BCUT2D eigenvalue weighted by atomic mass is 19.2. The highest BCUT2D eigenvalue weighted by Crippen LogP contribution is 2.14. The Kier molecular flexibility index (Phi) is 1.18. The molecule has 0 aromatic heterocycles. The molecule has 2 heteroatoms. The second-order valence-corrected chi connectivity index (χ2v) is 1.64. The fraction of sp³-hybridized carbons (Fsp3) is 0.167. The molecule has 0 aromatic rings. The lowest BCUT2D eigenvalue weighted by atomic mass is 10.1.